The van der Waals surface area contributed by atoms with Gasteiger partial charge >= 0.3 is 0 Å². The highest BCUT2D eigenvalue weighted by molar-refractivity contribution is 5.82. The molecule has 0 bridgehead atoms. The molecule has 0 aromatic heterocycles. The molecule has 4 heteroatoms. The van der Waals surface area contributed by atoms with E-state index in [1.807, 2.05) is 0 Å². The van der Waals surface area contributed by atoms with Crippen LogP contribution in [0.5, 0.6) is 0 Å². The molecule has 2 aliphatic heterocycles. The lowest BCUT2D eigenvalue weighted by atomic mass is 9.91. The van der Waals surface area contributed by atoms with E-state index in [0.29, 0.717) is 11.8 Å². The van der Waals surface area contributed by atoms with Gasteiger partial charge in [0.1, 0.15) is 0 Å². The molecule has 2 N–H and O–H groups in total. The smallest absolute Gasteiger partial charge is 0.237 e. The molecule has 0 spiro atoms. The molecule has 1 amide bonds. The molecule has 0 radical (unpaired) electrons. The number of hydrogen-bond donors (Lipinski definition) is 2. The largest absolute Gasteiger partial charge is 0.381 e. The van der Waals surface area contributed by atoms with Crippen molar-refractivity contribution in [1.29, 1.82) is 0 Å². The maximum atomic E-state index is 12.4. The first kappa shape index (κ1) is 13.4. The van der Waals surface area contributed by atoms with Crippen LogP contribution in [0.25, 0.3) is 0 Å². The maximum absolute atomic E-state index is 12.4. The fourth-order valence-electron chi connectivity index (χ4n) is 4.12. The first-order valence-corrected chi connectivity index (χ1v) is 7.87. The Balaban J connectivity index is 1.52. The Labute approximate surface area is 115 Å². The van der Waals surface area contributed by atoms with Gasteiger partial charge in [0.2, 0.25) is 5.91 Å². The Kier molecular flexibility index (Phi) is 4.08. The van der Waals surface area contributed by atoms with Gasteiger partial charge in [0.05, 0.1) is 6.04 Å². The van der Waals surface area contributed by atoms with E-state index >= 15 is 0 Å². The molecule has 4 atom stereocenters. The molecule has 2 saturated heterocycles. The summed E-state index contributed by atoms with van der Waals surface area (Å²) in [4.78, 5) is 12.4. The zero-order valence-corrected chi connectivity index (χ0v) is 11.9. The van der Waals surface area contributed by atoms with Crippen molar-refractivity contribution >= 4 is 5.91 Å². The van der Waals surface area contributed by atoms with Crippen molar-refractivity contribution in [3.63, 3.8) is 0 Å². The second kappa shape index (κ2) is 5.80. The third-order valence-electron chi connectivity index (χ3n) is 5.37. The summed E-state index contributed by atoms with van der Waals surface area (Å²) in [6.07, 6.45) is 5.98. The summed E-state index contributed by atoms with van der Waals surface area (Å²) >= 11 is 0. The first-order valence-electron chi connectivity index (χ1n) is 7.87. The number of ether oxygens (including phenoxy) is 1. The van der Waals surface area contributed by atoms with Crippen LogP contribution in [0.1, 0.15) is 39.0 Å². The van der Waals surface area contributed by atoms with E-state index in [2.05, 4.69) is 17.6 Å². The zero-order chi connectivity index (χ0) is 13.2. The standard InChI is InChI=1S/C15H26N2O2/c1-10(11-5-7-19-8-6-11)17-15(18)14-13-4-2-3-12(13)9-16-14/h10-14,16H,2-9H2,1H3,(H,17,18). The van der Waals surface area contributed by atoms with E-state index in [4.69, 9.17) is 4.74 Å². The van der Waals surface area contributed by atoms with E-state index < -0.39 is 0 Å². The highest BCUT2D eigenvalue weighted by atomic mass is 16.5. The molecule has 0 aromatic carbocycles. The first-order chi connectivity index (χ1) is 9.25. The molecular formula is C15H26N2O2. The predicted octanol–water partition coefficient (Wildman–Crippen LogP) is 1.31. The lowest BCUT2D eigenvalue weighted by Crippen LogP contribution is -2.49. The number of amides is 1. The molecule has 2 heterocycles. The molecule has 1 aliphatic carbocycles. The fraction of sp³-hybridized carbons (Fsp3) is 0.933. The van der Waals surface area contributed by atoms with E-state index in [9.17, 15) is 4.79 Å². The fourth-order valence-corrected chi connectivity index (χ4v) is 4.12. The third-order valence-corrected chi connectivity index (χ3v) is 5.37. The molecule has 3 fully saturated rings. The quantitative estimate of drug-likeness (QED) is 0.809. The van der Waals surface area contributed by atoms with Crippen LogP contribution in [0, 0.1) is 17.8 Å². The summed E-state index contributed by atoms with van der Waals surface area (Å²) in [6, 6.07) is 0.341. The summed E-state index contributed by atoms with van der Waals surface area (Å²) < 4.78 is 5.39. The molecule has 4 nitrogen and oxygen atoms in total. The van der Waals surface area contributed by atoms with Crippen molar-refractivity contribution in [2.75, 3.05) is 19.8 Å². The van der Waals surface area contributed by atoms with Crippen LogP contribution in [-0.4, -0.2) is 37.7 Å². The number of carbonyl (C=O) groups excluding carboxylic acids is 1. The van der Waals surface area contributed by atoms with Gasteiger partial charge in [-0.25, -0.2) is 0 Å². The lowest BCUT2D eigenvalue weighted by Gasteiger charge is -2.30. The molecule has 3 aliphatic rings. The van der Waals surface area contributed by atoms with Crippen molar-refractivity contribution in [3.05, 3.63) is 0 Å². The Hall–Kier alpha value is -0.610. The summed E-state index contributed by atoms with van der Waals surface area (Å²) in [5, 5.41) is 6.68. The van der Waals surface area contributed by atoms with Gasteiger partial charge < -0.3 is 15.4 Å². The van der Waals surface area contributed by atoms with Crippen LogP contribution in [0.3, 0.4) is 0 Å². The Morgan fingerprint density at radius 3 is 2.84 bits per heavy atom. The highest BCUT2D eigenvalue weighted by Crippen LogP contribution is 2.37. The summed E-state index contributed by atoms with van der Waals surface area (Å²) in [5.41, 5.74) is 0. The molecule has 19 heavy (non-hydrogen) atoms. The van der Waals surface area contributed by atoms with Gasteiger partial charge in [-0.2, -0.15) is 0 Å². The van der Waals surface area contributed by atoms with Crippen LogP contribution in [-0.2, 0) is 9.53 Å². The van der Waals surface area contributed by atoms with Crippen molar-refractivity contribution in [2.45, 2.75) is 51.1 Å². The summed E-state index contributed by atoms with van der Waals surface area (Å²) in [5.74, 6) is 2.14. The molecular weight excluding hydrogens is 240 g/mol. The van der Waals surface area contributed by atoms with Gasteiger partial charge in [-0.05, 0) is 56.9 Å². The predicted molar refractivity (Wildman–Crippen MR) is 73.8 cm³/mol. The Morgan fingerprint density at radius 2 is 2.05 bits per heavy atom. The van der Waals surface area contributed by atoms with Crippen LogP contribution in [0.15, 0.2) is 0 Å². The molecule has 3 rings (SSSR count). The summed E-state index contributed by atoms with van der Waals surface area (Å²) in [7, 11) is 0. The van der Waals surface area contributed by atoms with Gasteiger partial charge in [-0.3, -0.25) is 4.79 Å². The van der Waals surface area contributed by atoms with E-state index in [-0.39, 0.29) is 18.0 Å². The van der Waals surface area contributed by atoms with Gasteiger partial charge in [0.15, 0.2) is 0 Å². The molecule has 4 unspecified atom stereocenters. The second-order valence-electron chi connectivity index (χ2n) is 6.49. The minimum atomic E-state index is 0.0646. The third kappa shape index (κ3) is 2.79. The van der Waals surface area contributed by atoms with Crippen LogP contribution in [0.2, 0.25) is 0 Å². The van der Waals surface area contributed by atoms with Crippen molar-refractivity contribution < 1.29 is 9.53 Å². The number of hydrogen-bond acceptors (Lipinski definition) is 3. The van der Waals surface area contributed by atoms with Crippen molar-refractivity contribution in [2.24, 2.45) is 17.8 Å². The Bertz CT molecular complexity index is 328. The van der Waals surface area contributed by atoms with E-state index in [0.717, 1.165) is 38.5 Å². The van der Waals surface area contributed by atoms with E-state index in [1.165, 1.54) is 19.3 Å². The van der Waals surface area contributed by atoms with Gasteiger partial charge in [-0.15, -0.1) is 0 Å². The number of nitrogens with one attached hydrogen (secondary N) is 2. The molecule has 0 aromatic rings. The Morgan fingerprint density at radius 1 is 1.26 bits per heavy atom. The second-order valence-corrected chi connectivity index (χ2v) is 6.49. The minimum Gasteiger partial charge on any atom is -0.381 e. The topological polar surface area (TPSA) is 50.4 Å². The highest BCUT2D eigenvalue weighted by Gasteiger charge is 2.42. The van der Waals surface area contributed by atoms with Crippen LogP contribution >= 0.6 is 0 Å². The SMILES string of the molecule is CC(NC(=O)C1NCC2CCCC21)C1CCOCC1. The molecule has 1 saturated carbocycles. The van der Waals surface area contributed by atoms with Crippen LogP contribution < -0.4 is 10.6 Å². The maximum Gasteiger partial charge on any atom is 0.237 e. The minimum absolute atomic E-state index is 0.0646. The monoisotopic (exact) mass is 266 g/mol. The summed E-state index contributed by atoms with van der Waals surface area (Å²) in [6.45, 7) is 4.87. The van der Waals surface area contributed by atoms with Gasteiger partial charge in [-0.1, -0.05) is 6.42 Å². The molecule has 108 valence electrons. The zero-order valence-electron chi connectivity index (χ0n) is 11.9. The normalized spacial score (nSPS) is 37.0. The number of rotatable bonds is 3. The van der Waals surface area contributed by atoms with Gasteiger partial charge in [0, 0.05) is 19.3 Å². The van der Waals surface area contributed by atoms with Gasteiger partial charge in [0.25, 0.3) is 0 Å². The van der Waals surface area contributed by atoms with Crippen molar-refractivity contribution in [1.82, 2.24) is 10.6 Å². The lowest BCUT2D eigenvalue weighted by molar-refractivity contribution is -0.125. The van der Waals surface area contributed by atoms with Crippen molar-refractivity contribution in [3.8, 4) is 0 Å². The van der Waals surface area contributed by atoms with E-state index in [1.54, 1.807) is 0 Å². The van der Waals surface area contributed by atoms with Crippen LogP contribution in [0.4, 0.5) is 0 Å². The average Bonchev–Trinajstić information content (AvgIpc) is 3.01. The number of fused-ring (bicyclic) bond motifs is 1. The number of carbonyl (C=O) groups is 1. The average molecular weight is 266 g/mol.